The number of nitro benzene ring substituents is 2. The van der Waals surface area contributed by atoms with Gasteiger partial charge in [0.1, 0.15) is 5.69 Å². The van der Waals surface area contributed by atoms with E-state index in [0.717, 1.165) is 50.3 Å². The second kappa shape index (κ2) is 10.3. The first-order valence-electron chi connectivity index (χ1n) is 9.33. The number of benzene rings is 1. The molecule has 0 bridgehead atoms. The molecule has 0 aliphatic heterocycles. The molecule has 1 atom stereocenters. The number of hydrogen-bond acceptors (Lipinski definition) is 8. The Hall–Kier alpha value is -3.04. The molecule has 10 heteroatoms. The predicted octanol–water partition coefficient (Wildman–Crippen LogP) is 4.19. The molecule has 0 unspecified atom stereocenters. The standard InChI is InChI=1S/C18H24N4O6/c1-2-28-18(23)9-4-3-6-13-7-5-8-15(13)19-20-16-11-10-14(21(24)25)12-17(16)22(26)27/h10-13,20H,2-9H2,1H3/b19-15+/t13-/m1/s1. The van der Waals surface area contributed by atoms with E-state index in [9.17, 15) is 25.0 Å². The van der Waals surface area contributed by atoms with Gasteiger partial charge in [0.05, 0.1) is 22.5 Å². The third-order valence-corrected chi connectivity index (χ3v) is 4.65. The number of anilines is 1. The van der Waals surface area contributed by atoms with Crippen molar-refractivity contribution in [2.24, 2.45) is 11.0 Å². The van der Waals surface area contributed by atoms with Crippen LogP contribution < -0.4 is 5.43 Å². The number of esters is 1. The molecule has 0 amide bonds. The fraction of sp³-hybridized carbons (Fsp3) is 0.556. The van der Waals surface area contributed by atoms with E-state index >= 15 is 0 Å². The highest BCUT2D eigenvalue weighted by Crippen LogP contribution is 2.31. The van der Waals surface area contributed by atoms with Crippen LogP contribution in [0.15, 0.2) is 23.3 Å². The van der Waals surface area contributed by atoms with Gasteiger partial charge in [0.15, 0.2) is 0 Å². The SMILES string of the molecule is CCOC(=O)CCCC[C@@H]1CCC/C1=N\Nc1ccc([N+](=O)[O-])cc1[N+](=O)[O-]. The first-order valence-corrected chi connectivity index (χ1v) is 9.33. The summed E-state index contributed by atoms with van der Waals surface area (Å²) in [5.74, 6) is 0.0850. The number of carbonyl (C=O) groups excluding carboxylic acids is 1. The summed E-state index contributed by atoms with van der Waals surface area (Å²) in [4.78, 5) is 32.0. The number of hydrogen-bond donors (Lipinski definition) is 1. The van der Waals surface area contributed by atoms with Gasteiger partial charge in [-0.05, 0) is 51.0 Å². The highest BCUT2D eigenvalue weighted by atomic mass is 16.6. The Morgan fingerprint density at radius 2 is 2.07 bits per heavy atom. The van der Waals surface area contributed by atoms with Crippen LogP contribution in [0.4, 0.5) is 17.1 Å². The van der Waals surface area contributed by atoms with Gasteiger partial charge in [0.25, 0.3) is 5.69 Å². The molecular formula is C18H24N4O6. The molecule has 28 heavy (non-hydrogen) atoms. The van der Waals surface area contributed by atoms with Gasteiger partial charge >= 0.3 is 11.7 Å². The summed E-state index contributed by atoms with van der Waals surface area (Å²) < 4.78 is 4.91. The molecule has 1 saturated carbocycles. The van der Waals surface area contributed by atoms with Crippen molar-refractivity contribution in [3.8, 4) is 0 Å². The maximum atomic E-state index is 11.4. The lowest BCUT2D eigenvalue weighted by Crippen LogP contribution is -2.10. The zero-order chi connectivity index (χ0) is 20.5. The van der Waals surface area contributed by atoms with Crippen LogP contribution in [0.25, 0.3) is 0 Å². The molecule has 0 aromatic heterocycles. The lowest BCUT2D eigenvalue weighted by molar-refractivity contribution is -0.393. The number of ether oxygens (including phenoxy) is 1. The number of nitro groups is 2. The maximum Gasteiger partial charge on any atom is 0.305 e. The summed E-state index contributed by atoms with van der Waals surface area (Å²) >= 11 is 0. The number of nitrogens with one attached hydrogen (secondary N) is 1. The number of unbranched alkanes of at least 4 members (excludes halogenated alkanes) is 1. The Morgan fingerprint density at radius 1 is 1.29 bits per heavy atom. The van der Waals surface area contributed by atoms with Crippen LogP contribution in [0.2, 0.25) is 0 Å². The van der Waals surface area contributed by atoms with Gasteiger partial charge in [0.2, 0.25) is 0 Å². The summed E-state index contributed by atoms with van der Waals surface area (Å²) in [5, 5.41) is 26.3. The number of rotatable bonds is 10. The van der Waals surface area contributed by atoms with E-state index < -0.39 is 9.85 Å². The van der Waals surface area contributed by atoms with Gasteiger partial charge in [-0.2, -0.15) is 5.10 Å². The molecule has 0 radical (unpaired) electrons. The molecular weight excluding hydrogens is 368 g/mol. The number of carbonyl (C=O) groups is 1. The molecule has 0 heterocycles. The minimum absolute atomic E-state index is 0.121. The smallest absolute Gasteiger partial charge is 0.305 e. The zero-order valence-electron chi connectivity index (χ0n) is 15.8. The van der Waals surface area contributed by atoms with E-state index in [0.29, 0.717) is 13.0 Å². The predicted molar refractivity (Wildman–Crippen MR) is 103 cm³/mol. The molecule has 1 aliphatic rings. The van der Waals surface area contributed by atoms with Crippen molar-refractivity contribution >= 4 is 28.7 Å². The average Bonchev–Trinajstić information content (AvgIpc) is 3.10. The van der Waals surface area contributed by atoms with E-state index in [4.69, 9.17) is 4.74 Å². The fourth-order valence-corrected chi connectivity index (χ4v) is 3.26. The van der Waals surface area contributed by atoms with Gasteiger partial charge in [-0.1, -0.05) is 6.42 Å². The molecule has 0 saturated heterocycles. The van der Waals surface area contributed by atoms with Crippen molar-refractivity contribution < 1.29 is 19.4 Å². The minimum atomic E-state index is -0.675. The Kier molecular flexibility index (Phi) is 7.85. The number of hydrazone groups is 1. The van der Waals surface area contributed by atoms with Crippen molar-refractivity contribution in [2.75, 3.05) is 12.0 Å². The zero-order valence-corrected chi connectivity index (χ0v) is 15.8. The molecule has 10 nitrogen and oxygen atoms in total. The van der Waals surface area contributed by atoms with Crippen LogP contribution in [-0.2, 0) is 9.53 Å². The molecule has 1 aliphatic carbocycles. The quantitative estimate of drug-likeness (QED) is 0.273. The largest absolute Gasteiger partial charge is 0.466 e. The highest BCUT2D eigenvalue weighted by Gasteiger charge is 2.24. The molecule has 1 aromatic rings. The first kappa shape index (κ1) is 21.3. The molecule has 1 N–H and O–H groups in total. The Labute approximate surface area is 162 Å². The van der Waals surface area contributed by atoms with Crippen molar-refractivity contribution in [3.05, 3.63) is 38.4 Å². The fourth-order valence-electron chi connectivity index (χ4n) is 3.26. The summed E-state index contributed by atoms with van der Waals surface area (Å²) in [6.45, 7) is 2.17. The van der Waals surface area contributed by atoms with E-state index in [1.807, 2.05) is 0 Å². The summed E-state index contributed by atoms with van der Waals surface area (Å²) in [6, 6.07) is 3.42. The monoisotopic (exact) mass is 392 g/mol. The number of nitrogens with zero attached hydrogens (tertiary/aromatic N) is 3. The van der Waals surface area contributed by atoms with Crippen molar-refractivity contribution in [3.63, 3.8) is 0 Å². The first-order chi connectivity index (χ1) is 13.4. The molecule has 1 aromatic carbocycles. The third kappa shape index (κ3) is 6.00. The van der Waals surface area contributed by atoms with E-state index in [1.165, 1.54) is 12.1 Å². The van der Waals surface area contributed by atoms with E-state index in [1.54, 1.807) is 6.92 Å². The van der Waals surface area contributed by atoms with Crippen molar-refractivity contribution in [1.29, 1.82) is 0 Å². The van der Waals surface area contributed by atoms with Gasteiger partial charge in [-0.3, -0.25) is 30.4 Å². The van der Waals surface area contributed by atoms with Gasteiger partial charge in [-0.15, -0.1) is 0 Å². The van der Waals surface area contributed by atoms with Crippen LogP contribution in [0.5, 0.6) is 0 Å². The summed E-state index contributed by atoms with van der Waals surface area (Å²) in [5.41, 5.74) is 3.03. The average molecular weight is 392 g/mol. The third-order valence-electron chi connectivity index (χ3n) is 4.65. The van der Waals surface area contributed by atoms with Crippen LogP contribution in [-0.4, -0.2) is 28.1 Å². The molecule has 2 rings (SSSR count). The Balaban J connectivity index is 1.96. The molecule has 152 valence electrons. The van der Waals surface area contributed by atoms with Crippen molar-refractivity contribution in [2.45, 2.75) is 51.9 Å². The van der Waals surface area contributed by atoms with Crippen LogP contribution in [0.3, 0.4) is 0 Å². The van der Waals surface area contributed by atoms with Gasteiger partial charge in [-0.25, -0.2) is 0 Å². The lowest BCUT2D eigenvalue weighted by atomic mass is 9.98. The Morgan fingerprint density at radius 3 is 2.75 bits per heavy atom. The highest BCUT2D eigenvalue weighted by molar-refractivity contribution is 5.89. The van der Waals surface area contributed by atoms with Gasteiger partial charge in [0, 0.05) is 18.2 Å². The van der Waals surface area contributed by atoms with E-state index in [2.05, 4.69) is 10.5 Å². The van der Waals surface area contributed by atoms with Crippen LogP contribution >= 0.6 is 0 Å². The molecule has 0 spiro atoms. The van der Waals surface area contributed by atoms with Crippen LogP contribution in [0.1, 0.15) is 51.9 Å². The normalized spacial score (nSPS) is 17.5. The Bertz CT molecular complexity index is 764. The lowest BCUT2D eigenvalue weighted by Gasteiger charge is -2.11. The topological polar surface area (TPSA) is 137 Å². The number of non-ortho nitro benzene ring substituents is 1. The second-order valence-corrected chi connectivity index (χ2v) is 6.57. The van der Waals surface area contributed by atoms with E-state index in [-0.39, 0.29) is 28.9 Å². The molecule has 1 fully saturated rings. The van der Waals surface area contributed by atoms with Crippen molar-refractivity contribution in [1.82, 2.24) is 0 Å². The second-order valence-electron chi connectivity index (χ2n) is 6.57. The minimum Gasteiger partial charge on any atom is -0.466 e. The summed E-state index contributed by atoms with van der Waals surface area (Å²) in [7, 11) is 0. The van der Waals surface area contributed by atoms with Gasteiger partial charge < -0.3 is 4.74 Å². The summed E-state index contributed by atoms with van der Waals surface area (Å²) in [6.07, 6.45) is 5.70. The van der Waals surface area contributed by atoms with Crippen LogP contribution in [0, 0.1) is 26.1 Å². The maximum absolute atomic E-state index is 11.4.